The lowest BCUT2D eigenvalue weighted by atomic mass is 10.3. The average Bonchev–Trinajstić information content (AvgIpc) is 1.81. The Morgan fingerprint density at radius 3 is 2.88 bits per heavy atom. The van der Waals surface area contributed by atoms with Gasteiger partial charge in [0, 0.05) is 0 Å². The van der Waals surface area contributed by atoms with Crippen molar-refractivity contribution in [1.29, 1.82) is 0 Å². The minimum absolute atomic E-state index is 0.461. The molecule has 2 nitrogen and oxygen atoms in total. The molecule has 0 saturated heterocycles. The molecule has 46 valence electrons. The molecule has 8 heavy (non-hydrogen) atoms. The van der Waals surface area contributed by atoms with Gasteiger partial charge in [-0.25, -0.2) is 0 Å². The second kappa shape index (κ2) is 6.21. The van der Waals surface area contributed by atoms with Gasteiger partial charge in [-0.15, -0.1) is 6.58 Å². The molecule has 0 radical (unpaired) electrons. The monoisotopic (exact) mass is 114 g/mol. The highest BCUT2D eigenvalue weighted by atomic mass is 16.5. The van der Waals surface area contributed by atoms with Gasteiger partial charge in [-0.3, -0.25) is 4.79 Å². The molecule has 0 fully saturated rings. The Balaban J connectivity index is 2.71. The number of carbonyl (C=O) groups excluding carboxylic acids is 1. The first-order valence-corrected chi connectivity index (χ1v) is 2.58. The largest absolute Gasteiger partial charge is 0.468 e. The molecule has 0 aromatic carbocycles. The van der Waals surface area contributed by atoms with E-state index in [0.717, 1.165) is 12.8 Å². The van der Waals surface area contributed by atoms with Crippen molar-refractivity contribution >= 4 is 6.47 Å². The molecule has 0 aromatic heterocycles. The number of hydrogen-bond acceptors (Lipinski definition) is 2. The van der Waals surface area contributed by atoms with Crippen molar-refractivity contribution in [2.75, 3.05) is 6.61 Å². The molecule has 0 heterocycles. The fraction of sp³-hybridized carbons (Fsp3) is 0.500. The van der Waals surface area contributed by atoms with Gasteiger partial charge < -0.3 is 4.74 Å². The number of carbonyl (C=O) groups is 1. The Bertz CT molecular complexity index is 58.9. The summed E-state index contributed by atoms with van der Waals surface area (Å²) in [5, 5.41) is 0. The molecule has 0 unspecified atom stereocenters. The smallest absolute Gasteiger partial charge is 0.293 e. The standard InChI is InChI=1S/C6H10O2/c1-2-3-4-5-8-6-7/h2,6H,1,3-5H2. The lowest BCUT2D eigenvalue weighted by molar-refractivity contribution is -0.128. The molecule has 0 aromatic rings. The first-order valence-electron chi connectivity index (χ1n) is 2.58. The van der Waals surface area contributed by atoms with E-state index in [-0.39, 0.29) is 0 Å². The second-order valence-electron chi connectivity index (χ2n) is 1.40. The highest BCUT2D eigenvalue weighted by Crippen LogP contribution is 1.87. The molecular weight excluding hydrogens is 104 g/mol. The summed E-state index contributed by atoms with van der Waals surface area (Å²) in [6.07, 6.45) is 3.59. The first-order chi connectivity index (χ1) is 3.91. The van der Waals surface area contributed by atoms with E-state index in [0.29, 0.717) is 13.1 Å². The zero-order valence-corrected chi connectivity index (χ0v) is 4.80. The molecule has 0 N–H and O–H groups in total. The Kier molecular flexibility index (Phi) is 5.60. The summed E-state index contributed by atoms with van der Waals surface area (Å²) in [4.78, 5) is 9.52. The molecule has 0 saturated carbocycles. The van der Waals surface area contributed by atoms with Crippen molar-refractivity contribution in [2.45, 2.75) is 12.8 Å². The number of hydrogen-bond donors (Lipinski definition) is 0. The fourth-order valence-electron chi connectivity index (χ4n) is 0.359. The third-order valence-corrected chi connectivity index (χ3v) is 0.738. The summed E-state index contributed by atoms with van der Waals surface area (Å²) in [6.45, 7) is 4.49. The molecule has 0 bridgehead atoms. The van der Waals surface area contributed by atoms with E-state index >= 15 is 0 Å². The average molecular weight is 114 g/mol. The van der Waals surface area contributed by atoms with E-state index in [2.05, 4.69) is 11.3 Å². The number of unbranched alkanes of at least 4 members (excludes halogenated alkanes) is 1. The van der Waals surface area contributed by atoms with E-state index in [9.17, 15) is 4.79 Å². The Morgan fingerprint density at radius 1 is 1.62 bits per heavy atom. The molecular formula is C6H10O2. The van der Waals surface area contributed by atoms with Crippen molar-refractivity contribution in [3.8, 4) is 0 Å². The van der Waals surface area contributed by atoms with E-state index in [1.54, 1.807) is 6.08 Å². The zero-order valence-electron chi connectivity index (χ0n) is 4.80. The summed E-state index contributed by atoms with van der Waals surface area (Å²) in [5.41, 5.74) is 0. The maximum absolute atomic E-state index is 9.52. The molecule has 0 aliphatic carbocycles. The minimum atomic E-state index is 0.461. The fourth-order valence-corrected chi connectivity index (χ4v) is 0.359. The number of ether oxygens (including phenoxy) is 1. The van der Waals surface area contributed by atoms with Gasteiger partial charge >= 0.3 is 0 Å². The maximum Gasteiger partial charge on any atom is 0.293 e. The first kappa shape index (κ1) is 7.21. The highest BCUT2D eigenvalue weighted by molar-refractivity contribution is 5.36. The number of rotatable bonds is 5. The Morgan fingerprint density at radius 2 is 2.38 bits per heavy atom. The van der Waals surface area contributed by atoms with Crippen LogP contribution in [0, 0.1) is 0 Å². The SMILES string of the molecule is C=CCCCOC=O. The van der Waals surface area contributed by atoms with Crippen LogP contribution in [0.2, 0.25) is 0 Å². The minimum Gasteiger partial charge on any atom is -0.468 e. The predicted molar refractivity (Wildman–Crippen MR) is 31.4 cm³/mol. The molecule has 0 spiro atoms. The summed E-state index contributed by atoms with van der Waals surface area (Å²) in [7, 11) is 0. The Labute approximate surface area is 49.1 Å². The van der Waals surface area contributed by atoms with Crippen molar-refractivity contribution in [2.24, 2.45) is 0 Å². The second-order valence-corrected chi connectivity index (χ2v) is 1.40. The summed E-state index contributed by atoms with van der Waals surface area (Å²) in [6, 6.07) is 0. The lowest BCUT2D eigenvalue weighted by Gasteiger charge is -1.91. The van der Waals surface area contributed by atoms with Gasteiger partial charge in [0.05, 0.1) is 6.61 Å². The van der Waals surface area contributed by atoms with E-state index in [1.165, 1.54) is 0 Å². The van der Waals surface area contributed by atoms with Crippen LogP contribution >= 0.6 is 0 Å². The van der Waals surface area contributed by atoms with E-state index in [1.807, 2.05) is 0 Å². The van der Waals surface area contributed by atoms with Crippen molar-refractivity contribution in [3.05, 3.63) is 12.7 Å². The summed E-state index contributed by atoms with van der Waals surface area (Å²) < 4.78 is 4.41. The van der Waals surface area contributed by atoms with Crippen LogP contribution in [0.15, 0.2) is 12.7 Å². The third-order valence-electron chi connectivity index (χ3n) is 0.738. The van der Waals surface area contributed by atoms with Gasteiger partial charge in [-0.05, 0) is 12.8 Å². The quantitative estimate of drug-likeness (QED) is 0.304. The molecule has 0 amide bonds. The van der Waals surface area contributed by atoms with Crippen LogP contribution in [-0.2, 0) is 9.53 Å². The molecule has 0 aliphatic heterocycles. The van der Waals surface area contributed by atoms with E-state index < -0.39 is 0 Å². The topological polar surface area (TPSA) is 26.3 Å². The van der Waals surface area contributed by atoms with Crippen molar-refractivity contribution in [3.63, 3.8) is 0 Å². The van der Waals surface area contributed by atoms with Gasteiger partial charge in [0.15, 0.2) is 0 Å². The van der Waals surface area contributed by atoms with Crippen molar-refractivity contribution in [1.82, 2.24) is 0 Å². The van der Waals surface area contributed by atoms with Crippen LogP contribution < -0.4 is 0 Å². The normalized spacial score (nSPS) is 8.00. The molecule has 0 atom stereocenters. The third kappa shape index (κ3) is 5.21. The van der Waals surface area contributed by atoms with Gasteiger partial charge in [-0.2, -0.15) is 0 Å². The van der Waals surface area contributed by atoms with Crippen LogP contribution in [-0.4, -0.2) is 13.1 Å². The van der Waals surface area contributed by atoms with Crippen LogP contribution in [0.3, 0.4) is 0 Å². The van der Waals surface area contributed by atoms with E-state index in [4.69, 9.17) is 0 Å². The Hall–Kier alpha value is -0.790. The van der Waals surface area contributed by atoms with Gasteiger partial charge in [0.2, 0.25) is 0 Å². The van der Waals surface area contributed by atoms with Crippen LogP contribution in [0.5, 0.6) is 0 Å². The molecule has 2 heteroatoms. The number of allylic oxidation sites excluding steroid dienone is 1. The molecule has 0 aliphatic rings. The summed E-state index contributed by atoms with van der Waals surface area (Å²) >= 11 is 0. The van der Waals surface area contributed by atoms with Crippen LogP contribution in [0.4, 0.5) is 0 Å². The van der Waals surface area contributed by atoms with Crippen LogP contribution in [0.1, 0.15) is 12.8 Å². The van der Waals surface area contributed by atoms with Gasteiger partial charge in [-0.1, -0.05) is 6.08 Å². The lowest BCUT2D eigenvalue weighted by Crippen LogP contribution is -1.89. The molecule has 0 rings (SSSR count). The predicted octanol–water partition coefficient (Wildman–Crippen LogP) is 1.13. The zero-order chi connectivity index (χ0) is 6.24. The highest BCUT2D eigenvalue weighted by Gasteiger charge is 1.80. The van der Waals surface area contributed by atoms with Gasteiger partial charge in [0.1, 0.15) is 0 Å². The van der Waals surface area contributed by atoms with Crippen molar-refractivity contribution < 1.29 is 9.53 Å². The van der Waals surface area contributed by atoms with Crippen LogP contribution in [0.25, 0.3) is 0 Å². The summed E-state index contributed by atoms with van der Waals surface area (Å²) in [5.74, 6) is 0. The maximum atomic E-state index is 9.52. The van der Waals surface area contributed by atoms with Gasteiger partial charge in [0.25, 0.3) is 6.47 Å².